The van der Waals surface area contributed by atoms with Gasteiger partial charge in [0.1, 0.15) is 11.5 Å². The number of nitrogens with zero attached hydrogens (tertiary/aromatic N) is 3. The van der Waals surface area contributed by atoms with Crippen molar-refractivity contribution in [1.82, 2.24) is 14.5 Å². The second-order valence-electron chi connectivity index (χ2n) is 6.32. The van der Waals surface area contributed by atoms with Gasteiger partial charge in [-0.05, 0) is 32.0 Å². The third-order valence-corrected chi connectivity index (χ3v) is 3.32. The lowest BCUT2D eigenvalue weighted by Gasteiger charge is -2.18. The number of aromatic nitrogens is 3. The van der Waals surface area contributed by atoms with Gasteiger partial charge in [-0.2, -0.15) is 0 Å². The van der Waals surface area contributed by atoms with Gasteiger partial charge < -0.3 is 19.1 Å². The predicted octanol–water partition coefficient (Wildman–Crippen LogP) is 3.89. The van der Waals surface area contributed by atoms with Crippen LogP contribution in [0.25, 0.3) is 11.0 Å². The molecule has 26 heavy (non-hydrogen) atoms. The number of benzene rings is 1. The van der Waals surface area contributed by atoms with Gasteiger partial charge in [0, 0.05) is 12.1 Å². The normalized spacial score (nSPS) is 12.4. The van der Waals surface area contributed by atoms with E-state index in [1.807, 2.05) is 0 Å². The van der Waals surface area contributed by atoms with Crippen molar-refractivity contribution < 1.29 is 27.8 Å². The molecule has 0 aliphatic rings. The molecule has 3 aromatic rings. The van der Waals surface area contributed by atoms with E-state index in [4.69, 9.17) is 4.74 Å². The first-order valence-corrected chi connectivity index (χ1v) is 7.66. The fraction of sp³-hybridized carbons (Fsp3) is 0.294. The summed E-state index contributed by atoms with van der Waals surface area (Å²) in [6, 6.07) is 7.53. The number of rotatable bonds is 5. The molecule has 1 aromatic carbocycles. The number of hydrogen-bond donors (Lipinski definition) is 1. The highest BCUT2D eigenvalue weighted by Gasteiger charge is 2.31. The number of hydrogen-bond acceptors (Lipinski definition) is 5. The van der Waals surface area contributed by atoms with Gasteiger partial charge in [-0.15, -0.1) is 13.2 Å². The first-order chi connectivity index (χ1) is 12.1. The van der Waals surface area contributed by atoms with E-state index >= 15 is 0 Å². The van der Waals surface area contributed by atoms with Gasteiger partial charge in [0.25, 0.3) is 0 Å². The van der Waals surface area contributed by atoms with E-state index in [1.165, 1.54) is 6.07 Å². The molecule has 0 radical (unpaired) electrons. The van der Waals surface area contributed by atoms with Crippen LogP contribution in [0, 0.1) is 0 Å². The highest BCUT2D eigenvalue weighted by atomic mass is 19.4. The fourth-order valence-electron chi connectivity index (χ4n) is 2.38. The number of halogens is 3. The average molecular weight is 367 g/mol. The fourth-order valence-corrected chi connectivity index (χ4v) is 2.38. The molecule has 138 valence electrons. The van der Waals surface area contributed by atoms with E-state index in [0.29, 0.717) is 12.3 Å². The van der Waals surface area contributed by atoms with E-state index in [2.05, 4.69) is 14.7 Å². The molecule has 0 amide bonds. The maximum absolute atomic E-state index is 12.2. The largest absolute Gasteiger partial charge is 0.573 e. The van der Waals surface area contributed by atoms with Gasteiger partial charge in [0.05, 0.1) is 35.7 Å². The number of alkyl halides is 3. The highest BCUT2D eigenvalue weighted by molar-refractivity contribution is 5.77. The van der Waals surface area contributed by atoms with Crippen LogP contribution < -0.4 is 9.47 Å². The Morgan fingerprint density at radius 1 is 1.08 bits per heavy atom. The first-order valence-electron chi connectivity index (χ1n) is 7.66. The van der Waals surface area contributed by atoms with Crippen LogP contribution in [0.4, 0.5) is 13.2 Å². The van der Waals surface area contributed by atoms with Gasteiger partial charge in [-0.25, -0.2) is 9.97 Å². The third-order valence-electron chi connectivity index (χ3n) is 3.32. The van der Waals surface area contributed by atoms with Crippen molar-refractivity contribution in [3.63, 3.8) is 0 Å². The molecule has 0 aliphatic carbocycles. The van der Waals surface area contributed by atoms with Crippen molar-refractivity contribution in [2.75, 3.05) is 0 Å². The van der Waals surface area contributed by atoms with Gasteiger partial charge in [-0.3, -0.25) is 0 Å². The van der Waals surface area contributed by atoms with Gasteiger partial charge in [0.15, 0.2) is 0 Å². The summed E-state index contributed by atoms with van der Waals surface area (Å²) in [5.41, 5.74) is 0.561. The molecule has 9 heteroatoms. The lowest BCUT2D eigenvalue weighted by Crippen LogP contribution is -2.25. The van der Waals surface area contributed by atoms with Crippen LogP contribution >= 0.6 is 0 Å². The van der Waals surface area contributed by atoms with Gasteiger partial charge in [-0.1, -0.05) is 0 Å². The molecule has 6 nitrogen and oxygen atoms in total. The SMILES string of the molecule is CC(C)(O)Cn1cnc2ccc(Oc3ccc(OC(F)(F)F)cn3)cc21. The Morgan fingerprint density at radius 3 is 2.42 bits per heavy atom. The van der Waals surface area contributed by atoms with Gasteiger partial charge >= 0.3 is 6.36 Å². The summed E-state index contributed by atoms with van der Waals surface area (Å²) in [6.07, 6.45) is -2.22. The maximum Gasteiger partial charge on any atom is 0.573 e. The van der Waals surface area contributed by atoms with Crippen LogP contribution in [0.5, 0.6) is 17.4 Å². The molecule has 3 rings (SSSR count). The van der Waals surface area contributed by atoms with Crippen molar-refractivity contribution >= 4 is 11.0 Å². The molecule has 0 aliphatic heterocycles. The molecule has 0 unspecified atom stereocenters. The Bertz CT molecular complexity index is 899. The topological polar surface area (TPSA) is 69.4 Å². The van der Waals surface area contributed by atoms with E-state index in [-0.39, 0.29) is 5.88 Å². The molecule has 0 saturated carbocycles. The van der Waals surface area contributed by atoms with Crippen LogP contribution in [0.3, 0.4) is 0 Å². The monoisotopic (exact) mass is 367 g/mol. The summed E-state index contributed by atoms with van der Waals surface area (Å²) in [5, 5.41) is 9.98. The van der Waals surface area contributed by atoms with E-state index < -0.39 is 17.7 Å². The lowest BCUT2D eigenvalue weighted by molar-refractivity contribution is -0.274. The molecule has 2 heterocycles. The van der Waals surface area contributed by atoms with Gasteiger partial charge in [0.2, 0.25) is 5.88 Å². The van der Waals surface area contributed by atoms with Crippen LogP contribution in [0.2, 0.25) is 0 Å². The second kappa shape index (κ2) is 6.49. The van der Waals surface area contributed by atoms with Crippen molar-refractivity contribution in [3.8, 4) is 17.4 Å². The number of fused-ring (bicyclic) bond motifs is 1. The molecular formula is C17H16F3N3O3. The standard InChI is InChI=1S/C17H16F3N3O3/c1-16(2,24)9-23-10-22-13-5-3-11(7-14(13)23)25-15-6-4-12(8-21-15)26-17(18,19)20/h3-8,10,24H,9H2,1-2H3. The first kappa shape index (κ1) is 18.0. The van der Waals surface area contributed by atoms with Crippen molar-refractivity contribution in [3.05, 3.63) is 42.9 Å². The number of imidazole rings is 1. The van der Waals surface area contributed by atoms with Crippen LogP contribution in [0.15, 0.2) is 42.9 Å². The predicted molar refractivity (Wildman–Crippen MR) is 87.0 cm³/mol. The minimum atomic E-state index is -4.77. The highest BCUT2D eigenvalue weighted by Crippen LogP contribution is 2.27. The molecule has 0 atom stereocenters. The zero-order chi connectivity index (χ0) is 18.9. The van der Waals surface area contributed by atoms with Crippen LogP contribution in [-0.2, 0) is 6.54 Å². The summed E-state index contributed by atoms with van der Waals surface area (Å²) >= 11 is 0. The number of aliphatic hydroxyl groups is 1. The molecular weight excluding hydrogens is 351 g/mol. The molecule has 1 N–H and O–H groups in total. The molecule has 0 saturated heterocycles. The molecule has 2 aromatic heterocycles. The molecule has 0 bridgehead atoms. The summed E-state index contributed by atoms with van der Waals surface area (Å²) in [5.74, 6) is 0.128. The van der Waals surface area contributed by atoms with Crippen molar-refractivity contribution in [2.45, 2.75) is 32.4 Å². The van der Waals surface area contributed by atoms with Crippen molar-refractivity contribution in [1.29, 1.82) is 0 Å². The average Bonchev–Trinajstić information content (AvgIpc) is 2.88. The summed E-state index contributed by atoms with van der Waals surface area (Å²) in [7, 11) is 0. The Hall–Kier alpha value is -2.81. The van der Waals surface area contributed by atoms with E-state index in [1.54, 1.807) is 42.9 Å². The lowest BCUT2D eigenvalue weighted by atomic mass is 10.1. The Kier molecular flexibility index (Phi) is 4.49. The minimum Gasteiger partial charge on any atom is -0.439 e. The minimum absolute atomic E-state index is 0.118. The Morgan fingerprint density at radius 2 is 1.81 bits per heavy atom. The van der Waals surface area contributed by atoms with E-state index in [0.717, 1.165) is 23.3 Å². The van der Waals surface area contributed by atoms with E-state index in [9.17, 15) is 18.3 Å². The zero-order valence-corrected chi connectivity index (χ0v) is 14.0. The summed E-state index contributed by atoms with van der Waals surface area (Å²) < 4.78 is 47.6. The van der Waals surface area contributed by atoms with Crippen LogP contribution in [0.1, 0.15) is 13.8 Å². The third kappa shape index (κ3) is 4.63. The summed E-state index contributed by atoms with van der Waals surface area (Å²) in [4.78, 5) is 8.05. The second-order valence-corrected chi connectivity index (χ2v) is 6.32. The quantitative estimate of drug-likeness (QED) is 0.741. The smallest absolute Gasteiger partial charge is 0.439 e. The zero-order valence-electron chi connectivity index (χ0n) is 14.0. The number of ether oxygens (including phenoxy) is 2. The summed E-state index contributed by atoms with van der Waals surface area (Å²) in [6.45, 7) is 3.72. The Labute approximate surface area is 146 Å². The molecule has 0 spiro atoms. The number of pyridine rings is 1. The van der Waals surface area contributed by atoms with Crippen LogP contribution in [-0.4, -0.2) is 31.6 Å². The Balaban J connectivity index is 1.79. The maximum atomic E-state index is 12.2. The molecule has 0 fully saturated rings. The van der Waals surface area contributed by atoms with Crippen molar-refractivity contribution in [2.24, 2.45) is 0 Å².